The van der Waals surface area contributed by atoms with E-state index < -0.39 is 6.09 Å². The van der Waals surface area contributed by atoms with Gasteiger partial charge in [0, 0.05) is 28.3 Å². The molecule has 244 valence electrons. The van der Waals surface area contributed by atoms with Gasteiger partial charge in [0.2, 0.25) is 0 Å². The minimum atomic E-state index is -0.533. The Kier molecular flexibility index (Phi) is 8.34. The topological polar surface area (TPSA) is 89.6 Å². The van der Waals surface area contributed by atoms with Crippen molar-refractivity contribution >= 4 is 39.8 Å². The summed E-state index contributed by atoms with van der Waals surface area (Å²) >= 11 is 0. The van der Waals surface area contributed by atoms with E-state index in [2.05, 4.69) is 43.5 Å². The molecule has 2 N–H and O–H groups in total. The SMILES string of the molecule is CCCOC(=O)Nc1ccccc1-c1cc2c3c(c(Nc4ccc(C(C)(C)C)cc4)cc(Oc4ccccc4)c3n1)C(=O)c1ccccc1-2. The minimum absolute atomic E-state index is 0.00603. The van der Waals surface area contributed by atoms with E-state index in [1.807, 2.05) is 110 Å². The average Bonchev–Trinajstić information content (AvgIpc) is 3.10. The first-order valence-corrected chi connectivity index (χ1v) is 16.5. The van der Waals surface area contributed by atoms with E-state index >= 15 is 0 Å². The Labute approximate surface area is 285 Å². The Morgan fingerprint density at radius 3 is 2.14 bits per heavy atom. The van der Waals surface area contributed by atoms with E-state index in [9.17, 15) is 9.59 Å². The quantitative estimate of drug-likeness (QED) is 0.171. The number of para-hydroxylation sites is 2. The van der Waals surface area contributed by atoms with Crippen LogP contribution in [0.2, 0.25) is 0 Å². The number of rotatable bonds is 8. The molecular weight excluding hydrogens is 610 g/mol. The van der Waals surface area contributed by atoms with Gasteiger partial charge >= 0.3 is 6.09 Å². The number of amides is 1. The zero-order valence-corrected chi connectivity index (χ0v) is 28.0. The Hall–Kier alpha value is -5.95. The van der Waals surface area contributed by atoms with Gasteiger partial charge in [0.05, 0.1) is 29.2 Å². The summed E-state index contributed by atoms with van der Waals surface area (Å²) in [5.41, 5.74) is 7.88. The van der Waals surface area contributed by atoms with Crippen molar-refractivity contribution in [1.29, 1.82) is 0 Å². The molecule has 7 heteroatoms. The number of nitrogens with zero attached hydrogens (tertiary/aromatic N) is 1. The number of fused-ring (bicyclic) bond motifs is 2. The summed E-state index contributed by atoms with van der Waals surface area (Å²) in [6.07, 6.45) is 0.183. The van der Waals surface area contributed by atoms with Gasteiger partial charge in [0.25, 0.3) is 0 Å². The van der Waals surface area contributed by atoms with Crippen molar-refractivity contribution in [3.63, 3.8) is 0 Å². The van der Waals surface area contributed by atoms with Crippen LogP contribution in [0.4, 0.5) is 21.9 Å². The summed E-state index contributed by atoms with van der Waals surface area (Å²) in [7, 11) is 0. The molecule has 7 nitrogen and oxygen atoms in total. The van der Waals surface area contributed by atoms with Crippen molar-refractivity contribution in [3.8, 4) is 33.9 Å². The first-order chi connectivity index (χ1) is 23.7. The second kappa shape index (κ2) is 12.9. The maximum atomic E-state index is 14.4. The number of ether oxygens (including phenoxy) is 2. The highest BCUT2D eigenvalue weighted by molar-refractivity contribution is 6.29. The van der Waals surface area contributed by atoms with E-state index in [0.717, 1.165) is 16.8 Å². The Morgan fingerprint density at radius 2 is 1.43 bits per heavy atom. The van der Waals surface area contributed by atoms with Crippen LogP contribution in [0.15, 0.2) is 115 Å². The summed E-state index contributed by atoms with van der Waals surface area (Å²) in [4.78, 5) is 32.2. The van der Waals surface area contributed by atoms with Gasteiger partial charge < -0.3 is 14.8 Å². The number of benzene rings is 5. The molecule has 0 saturated carbocycles. The van der Waals surface area contributed by atoms with Crippen molar-refractivity contribution in [2.45, 2.75) is 39.5 Å². The zero-order valence-electron chi connectivity index (χ0n) is 28.0. The van der Waals surface area contributed by atoms with E-state index in [4.69, 9.17) is 14.5 Å². The van der Waals surface area contributed by atoms with E-state index in [1.165, 1.54) is 5.56 Å². The third-order valence-corrected chi connectivity index (χ3v) is 8.61. The highest BCUT2D eigenvalue weighted by atomic mass is 16.5. The molecule has 6 aromatic rings. The van der Waals surface area contributed by atoms with Gasteiger partial charge in [0.15, 0.2) is 11.5 Å². The summed E-state index contributed by atoms with van der Waals surface area (Å²) in [5.74, 6) is 1.03. The second-order valence-corrected chi connectivity index (χ2v) is 13.1. The van der Waals surface area contributed by atoms with Crippen LogP contribution in [0.3, 0.4) is 0 Å². The van der Waals surface area contributed by atoms with Gasteiger partial charge in [0.1, 0.15) is 11.3 Å². The number of nitrogens with one attached hydrogen (secondary N) is 2. The third kappa shape index (κ3) is 6.23. The second-order valence-electron chi connectivity index (χ2n) is 13.1. The molecule has 0 unspecified atom stereocenters. The Bertz CT molecular complexity index is 2200. The summed E-state index contributed by atoms with van der Waals surface area (Å²) < 4.78 is 11.9. The molecule has 0 radical (unpaired) electrons. The number of pyridine rings is 1. The molecule has 49 heavy (non-hydrogen) atoms. The van der Waals surface area contributed by atoms with Gasteiger partial charge in [-0.15, -0.1) is 0 Å². The maximum absolute atomic E-state index is 14.4. The predicted molar refractivity (Wildman–Crippen MR) is 196 cm³/mol. The number of hydrogen-bond donors (Lipinski definition) is 2. The summed E-state index contributed by atoms with van der Waals surface area (Å²) in [5, 5.41) is 7.13. The standard InChI is InChI=1S/C42H37N3O4/c1-5-23-48-41(47)45-33-18-12-11-17-31(33)34-24-32-29-15-9-10-16-30(29)40(46)38-35(43-27-21-19-26(20-22-27)42(2,3)4)25-36(39(44-34)37(32)38)49-28-13-7-6-8-14-28/h6-22,24-25,43H,5,23H2,1-4H3,(H,45,47). The molecule has 1 heterocycles. The van der Waals surface area contributed by atoms with Crippen molar-refractivity contribution in [2.24, 2.45) is 0 Å². The van der Waals surface area contributed by atoms with Gasteiger partial charge in [-0.1, -0.05) is 100 Å². The maximum Gasteiger partial charge on any atom is 0.411 e. The van der Waals surface area contributed by atoms with Crippen molar-refractivity contribution < 1.29 is 19.1 Å². The van der Waals surface area contributed by atoms with Crippen molar-refractivity contribution in [2.75, 3.05) is 17.2 Å². The lowest BCUT2D eigenvalue weighted by molar-refractivity contribution is 0.104. The van der Waals surface area contributed by atoms with E-state index in [-0.39, 0.29) is 11.2 Å². The number of carbonyl (C=O) groups excluding carboxylic acids is 2. The largest absolute Gasteiger partial charge is 0.455 e. The van der Waals surface area contributed by atoms with Gasteiger partial charge in [-0.2, -0.15) is 0 Å². The fourth-order valence-electron chi connectivity index (χ4n) is 6.18. The third-order valence-electron chi connectivity index (χ3n) is 8.61. The molecule has 0 saturated heterocycles. The lowest BCUT2D eigenvalue weighted by atomic mass is 9.82. The highest BCUT2D eigenvalue weighted by Crippen LogP contribution is 2.48. The number of carbonyl (C=O) groups is 2. The molecule has 5 aromatic carbocycles. The van der Waals surface area contributed by atoms with Gasteiger partial charge in [-0.25, -0.2) is 9.78 Å². The number of ketones is 1. The van der Waals surface area contributed by atoms with E-state index in [1.54, 1.807) is 0 Å². The van der Waals surface area contributed by atoms with Crippen LogP contribution >= 0.6 is 0 Å². The summed E-state index contributed by atoms with van der Waals surface area (Å²) in [6, 6.07) is 36.8. The first kappa shape index (κ1) is 31.6. The molecule has 1 amide bonds. The number of hydrogen-bond acceptors (Lipinski definition) is 6. The lowest BCUT2D eigenvalue weighted by Crippen LogP contribution is -2.15. The smallest absolute Gasteiger partial charge is 0.411 e. The predicted octanol–water partition coefficient (Wildman–Crippen LogP) is 10.9. The molecule has 0 spiro atoms. The molecule has 0 bridgehead atoms. The van der Waals surface area contributed by atoms with Crippen LogP contribution in [0.5, 0.6) is 11.5 Å². The van der Waals surface area contributed by atoms with Crippen LogP contribution in [-0.2, 0) is 10.2 Å². The Balaban J connectivity index is 1.46. The van der Waals surface area contributed by atoms with E-state index in [0.29, 0.717) is 69.2 Å². The zero-order chi connectivity index (χ0) is 34.1. The molecule has 0 fully saturated rings. The monoisotopic (exact) mass is 647 g/mol. The van der Waals surface area contributed by atoms with Crippen LogP contribution < -0.4 is 15.4 Å². The van der Waals surface area contributed by atoms with Gasteiger partial charge in [-0.3, -0.25) is 10.1 Å². The fourth-order valence-corrected chi connectivity index (χ4v) is 6.18. The van der Waals surface area contributed by atoms with Crippen LogP contribution in [0.1, 0.15) is 55.6 Å². The highest BCUT2D eigenvalue weighted by Gasteiger charge is 2.31. The average molecular weight is 648 g/mol. The molecule has 1 aliphatic carbocycles. The molecule has 7 rings (SSSR count). The fraction of sp³-hybridized carbons (Fsp3) is 0.167. The normalized spacial score (nSPS) is 12.0. The molecular formula is C42H37N3O4. The Morgan fingerprint density at radius 1 is 0.755 bits per heavy atom. The van der Waals surface area contributed by atoms with Crippen LogP contribution in [-0.4, -0.2) is 23.5 Å². The van der Waals surface area contributed by atoms with Crippen molar-refractivity contribution in [3.05, 3.63) is 132 Å². The van der Waals surface area contributed by atoms with Crippen LogP contribution in [0, 0.1) is 0 Å². The van der Waals surface area contributed by atoms with Gasteiger partial charge in [-0.05, 0) is 64.9 Å². The molecule has 0 atom stereocenters. The number of anilines is 3. The first-order valence-electron chi connectivity index (χ1n) is 16.5. The van der Waals surface area contributed by atoms with Crippen LogP contribution in [0.25, 0.3) is 33.3 Å². The minimum Gasteiger partial charge on any atom is -0.455 e. The van der Waals surface area contributed by atoms with Crippen molar-refractivity contribution in [1.82, 2.24) is 4.98 Å². The molecule has 1 aliphatic rings. The molecule has 0 aliphatic heterocycles. The lowest BCUT2D eigenvalue weighted by Gasteiger charge is -2.25. The summed E-state index contributed by atoms with van der Waals surface area (Å²) in [6.45, 7) is 8.81. The molecule has 1 aromatic heterocycles. The number of aromatic nitrogens is 1.